The third-order valence-corrected chi connectivity index (χ3v) is 2.52. The highest BCUT2D eigenvalue weighted by Crippen LogP contribution is 2.37. The van der Waals surface area contributed by atoms with Crippen LogP contribution in [-0.2, 0) is 4.79 Å². The zero-order valence-corrected chi connectivity index (χ0v) is 10.3. The summed E-state index contributed by atoms with van der Waals surface area (Å²) in [6, 6.07) is 0. The molecule has 1 aromatic carbocycles. The molecule has 0 saturated heterocycles. The van der Waals surface area contributed by atoms with E-state index in [1.54, 1.807) is 0 Å². The number of Topliss-reactive ketones (excluding diaryl/α,β-unsaturated/α-hetero) is 2. The minimum absolute atomic E-state index is 2.28. The normalized spacial score (nSPS) is 12.4. The molecule has 0 unspecified atom stereocenters. The Morgan fingerprint density at radius 2 is 1.04 bits per heavy atom. The summed E-state index contributed by atoms with van der Waals surface area (Å²) in [4.78, 5) is 22.0. The van der Waals surface area contributed by atoms with Crippen LogP contribution in [0.1, 0.15) is 16.8 Å². The van der Waals surface area contributed by atoms with Crippen molar-refractivity contribution in [1.29, 1.82) is 0 Å². The Balaban J connectivity index is 3.26. The lowest BCUT2D eigenvalue weighted by Gasteiger charge is -2.17. The van der Waals surface area contributed by atoms with Crippen LogP contribution in [0.15, 0.2) is 0 Å². The Labute approximate surface area is 119 Å². The zero-order chi connectivity index (χ0) is 18.3. The number of alkyl halides is 5. The van der Waals surface area contributed by atoms with Gasteiger partial charge in [0, 0.05) is 0 Å². The van der Waals surface area contributed by atoms with Crippen molar-refractivity contribution in [2.75, 3.05) is 0 Å². The predicted molar refractivity (Wildman–Crippen MR) is 51.2 cm³/mol. The second-order valence-corrected chi connectivity index (χ2v) is 4.04. The molecule has 0 atom stereocenters. The van der Waals surface area contributed by atoms with Gasteiger partial charge >= 0.3 is 12.1 Å². The minimum Gasteiger partial charge on any atom is -0.293 e. The number of halogens is 10. The molecule has 0 N–H and O–H groups in total. The largest absolute Gasteiger partial charge is 0.461 e. The van der Waals surface area contributed by atoms with E-state index in [9.17, 15) is 53.5 Å². The van der Waals surface area contributed by atoms with Gasteiger partial charge in [-0.1, -0.05) is 0 Å². The summed E-state index contributed by atoms with van der Waals surface area (Å²) in [5.41, 5.74) is -2.28. The Hall–Kier alpha value is -2.14. The maximum absolute atomic E-state index is 13.2. The predicted octanol–water partition coefficient (Wildman–Crippen LogP) is 3.72. The van der Waals surface area contributed by atoms with Gasteiger partial charge in [-0.05, 0) is 0 Å². The highest BCUT2D eigenvalue weighted by atomic mass is 19.4. The first-order chi connectivity index (χ1) is 10.2. The molecule has 0 aliphatic carbocycles. The molecule has 12 heteroatoms. The molecule has 0 saturated carbocycles. The molecule has 2 nitrogen and oxygen atoms in total. The maximum atomic E-state index is 13.2. The van der Waals surface area contributed by atoms with Crippen LogP contribution in [0.4, 0.5) is 43.9 Å². The van der Waals surface area contributed by atoms with Crippen LogP contribution in [0.3, 0.4) is 0 Å². The van der Waals surface area contributed by atoms with E-state index < -0.39 is 64.7 Å². The summed E-state index contributed by atoms with van der Waals surface area (Å²) in [6.45, 7) is 0. The fraction of sp³-hybridized carbons (Fsp3) is 0.273. The van der Waals surface area contributed by atoms with Crippen molar-refractivity contribution in [3.8, 4) is 0 Å². The fourth-order valence-corrected chi connectivity index (χ4v) is 1.35. The molecule has 23 heavy (non-hydrogen) atoms. The van der Waals surface area contributed by atoms with Gasteiger partial charge in [-0.3, -0.25) is 9.59 Å². The number of rotatable bonds is 4. The minimum atomic E-state index is -6.40. The Bertz CT molecular complexity index is 647. The molecule has 0 spiro atoms. The first-order valence-corrected chi connectivity index (χ1v) is 5.26. The van der Waals surface area contributed by atoms with Gasteiger partial charge in [0.15, 0.2) is 29.1 Å². The van der Waals surface area contributed by atoms with Crippen LogP contribution in [-0.4, -0.2) is 23.7 Å². The average Bonchev–Trinajstić information content (AvgIpc) is 2.41. The van der Waals surface area contributed by atoms with Gasteiger partial charge in [-0.2, -0.15) is 22.0 Å². The molecule has 0 aliphatic rings. The van der Waals surface area contributed by atoms with Gasteiger partial charge < -0.3 is 0 Å². The summed E-state index contributed by atoms with van der Waals surface area (Å²) in [5.74, 6) is -25.0. The molecule has 0 bridgehead atoms. The van der Waals surface area contributed by atoms with Crippen molar-refractivity contribution >= 4 is 11.6 Å². The smallest absolute Gasteiger partial charge is 0.293 e. The molecule has 1 rings (SSSR count). The summed E-state index contributed by atoms with van der Waals surface area (Å²) in [7, 11) is 0. The first-order valence-electron chi connectivity index (χ1n) is 5.26. The van der Waals surface area contributed by atoms with E-state index in [-0.39, 0.29) is 0 Å². The van der Waals surface area contributed by atoms with Crippen molar-refractivity contribution in [3.05, 3.63) is 34.6 Å². The highest BCUT2D eigenvalue weighted by Gasteiger charge is 2.63. The SMILES string of the molecule is O=C(CC(=O)C(F)(F)C(F)(F)F)c1c(F)c(F)c(F)c(F)c1F. The average molecular weight is 356 g/mol. The van der Waals surface area contributed by atoms with Crippen molar-refractivity contribution in [3.63, 3.8) is 0 Å². The van der Waals surface area contributed by atoms with Crippen molar-refractivity contribution in [2.45, 2.75) is 18.5 Å². The number of carbonyl (C=O) groups excluding carboxylic acids is 2. The zero-order valence-electron chi connectivity index (χ0n) is 10.3. The van der Waals surface area contributed by atoms with Crippen LogP contribution >= 0.6 is 0 Å². The van der Waals surface area contributed by atoms with Gasteiger partial charge in [0.05, 0.1) is 12.0 Å². The molecular formula is C11H2F10O2. The molecule has 1 aromatic rings. The molecule has 0 radical (unpaired) electrons. The summed E-state index contributed by atoms with van der Waals surface area (Å²) in [6.07, 6.45) is -8.83. The van der Waals surface area contributed by atoms with Gasteiger partial charge in [0.25, 0.3) is 0 Å². The lowest BCUT2D eigenvalue weighted by Crippen LogP contribution is -2.44. The number of hydrogen-bond donors (Lipinski definition) is 0. The Morgan fingerprint density at radius 1 is 0.696 bits per heavy atom. The molecule has 0 aliphatic heterocycles. The Morgan fingerprint density at radius 3 is 1.39 bits per heavy atom. The molecular weight excluding hydrogens is 354 g/mol. The monoisotopic (exact) mass is 356 g/mol. The summed E-state index contributed by atoms with van der Waals surface area (Å²) >= 11 is 0. The fourth-order valence-electron chi connectivity index (χ4n) is 1.35. The number of hydrogen-bond acceptors (Lipinski definition) is 2. The molecule has 0 fully saturated rings. The van der Waals surface area contributed by atoms with Crippen LogP contribution in [0, 0.1) is 29.1 Å². The quantitative estimate of drug-likeness (QED) is 0.271. The molecule has 128 valence electrons. The van der Waals surface area contributed by atoms with Crippen molar-refractivity contribution < 1.29 is 53.5 Å². The van der Waals surface area contributed by atoms with Crippen LogP contribution in [0.5, 0.6) is 0 Å². The van der Waals surface area contributed by atoms with Gasteiger partial charge in [-0.15, -0.1) is 0 Å². The topological polar surface area (TPSA) is 34.1 Å². The van der Waals surface area contributed by atoms with E-state index >= 15 is 0 Å². The van der Waals surface area contributed by atoms with Crippen LogP contribution in [0.2, 0.25) is 0 Å². The summed E-state index contributed by atoms with van der Waals surface area (Å²) in [5, 5.41) is 0. The lowest BCUT2D eigenvalue weighted by atomic mass is 10.0. The molecule has 0 amide bonds. The second-order valence-electron chi connectivity index (χ2n) is 4.04. The van der Waals surface area contributed by atoms with E-state index in [4.69, 9.17) is 0 Å². The van der Waals surface area contributed by atoms with Crippen molar-refractivity contribution in [2.24, 2.45) is 0 Å². The van der Waals surface area contributed by atoms with E-state index in [2.05, 4.69) is 0 Å². The van der Waals surface area contributed by atoms with Gasteiger partial charge in [-0.25, -0.2) is 22.0 Å². The highest BCUT2D eigenvalue weighted by molar-refractivity contribution is 6.10. The molecule has 0 heterocycles. The third-order valence-electron chi connectivity index (χ3n) is 2.52. The number of benzene rings is 1. The standard InChI is InChI=1S/C11H2F10O2/c12-5-4(6(13)8(15)9(16)7(5)14)2(22)1-3(23)10(17,18)11(19,20)21/h1H2. The first kappa shape index (κ1) is 18.9. The number of carbonyl (C=O) groups is 2. The van der Waals surface area contributed by atoms with Crippen molar-refractivity contribution in [1.82, 2.24) is 0 Å². The van der Waals surface area contributed by atoms with E-state index in [1.165, 1.54) is 0 Å². The second kappa shape index (κ2) is 5.81. The van der Waals surface area contributed by atoms with E-state index in [0.29, 0.717) is 0 Å². The van der Waals surface area contributed by atoms with E-state index in [1.807, 2.05) is 0 Å². The molecule has 0 aromatic heterocycles. The lowest BCUT2D eigenvalue weighted by molar-refractivity contribution is -0.268. The van der Waals surface area contributed by atoms with Gasteiger partial charge in [0.1, 0.15) is 0 Å². The van der Waals surface area contributed by atoms with Crippen LogP contribution < -0.4 is 0 Å². The number of ketones is 2. The summed E-state index contributed by atoms with van der Waals surface area (Å²) < 4.78 is 125. The van der Waals surface area contributed by atoms with E-state index in [0.717, 1.165) is 0 Å². The van der Waals surface area contributed by atoms with Crippen LogP contribution in [0.25, 0.3) is 0 Å². The van der Waals surface area contributed by atoms with Gasteiger partial charge in [0.2, 0.25) is 11.6 Å². The Kier molecular flexibility index (Phi) is 4.78. The maximum Gasteiger partial charge on any atom is 0.461 e. The third kappa shape index (κ3) is 3.15.